The first-order valence-corrected chi connectivity index (χ1v) is 9.83. The van der Waals surface area contributed by atoms with Gasteiger partial charge in [-0.2, -0.15) is 0 Å². The monoisotopic (exact) mass is 370 g/mol. The molecule has 2 aliphatic heterocycles. The summed E-state index contributed by atoms with van der Waals surface area (Å²) in [5.41, 5.74) is 4.47. The lowest BCUT2D eigenvalue weighted by Gasteiger charge is -2.33. The van der Waals surface area contributed by atoms with Gasteiger partial charge in [0.15, 0.2) is 0 Å². The number of fused-ring (bicyclic) bond motifs is 3. The molecule has 2 bridgehead atoms. The number of amides is 1. The summed E-state index contributed by atoms with van der Waals surface area (Å²) in [7, 11) is 0. The van der Waals surface area contributed by atoms with Crippen LogP contribution in [0.1, 0.15) is 30.4 Å². The van der Waals surface area contributed by atoms with E-state index in [9.17, 15) is 4.79 Å². The van der Waals surface area contributed by atoms with Crippen LogP contribution in [0.15, 0.2) is 72.9 Å². The Hall–Kier alpha value is -3.14. The van der Waals surface area contributed by atoms with E-state index in [1.807, 2.05) is 59.6 Å². The standard InChI is InChI=1S/C24H22N2O2/c27-24(28-16-17-6-2-1-3-7-17)26-21-10-11-22(26)14-19(13-21)20-12-18-8-4-5-9-23(18)25-15-20/h1-9,12-13,15,21-22H,10-11,14,16H2. The van der Waals surface area contributed by atoms with Gasteiger partial charge in [0.25, 0.3) is 0 Å². The summed E-state index contributed by atoms with van der Waals surface area (Å²) in [5.74, 6) is 0. The second-order valence-corrected chi connectivity index (χ2v) is 7.56. The Labute approximate surface area is 164 Å². The minimum atomic E-state index is -0.205. The van der Waals surface area contributed by atoms with Crippen LogP contribution in [0.4, 0.5) is 4.79 Å². The summed E-state index contributed by atoms with van der Waals surface area (Å²) in [6.07, 6.45) is 6.86. The van der Waals surface area contributed by atoms with Crippen LogP contribution in [0.2, 0.25) is 0 Å². The highest BCUT2D eigenvalue weighted by Gasteiger charge is 2.40. The van der Waals surface area contributed by atoms with Crippen molar-refractivity contribution < 1.29 is 9.53 Å². The fourth-order valence-corrected chi connectivity index (χ4v) is 4.37. The summed E-state index contributed by atoms with van der Waals surface area (Å²) >= 11 is 0. The zero-order valence-electron chi connectivity index (χ0n) is 15.6. The molecule has 0 N–H and O–H groups in total. The smallest absolute Gasteiger partial charge is 0.410 e. The predicted octanol–water partition coefficient (Wildman–Crippen LogP) is 5.19. The molecule has 2 atom stereocenters. The van der Waals surface area contributed by atoms with Crippen molar-refractivity contribution in [2.75, 3.05) is 0 Å². The molecule has 28 heavy (non-hydrogen) atoms. The van der Waals surface area contributed by atoms with Gasteiger partial charge in [0.05, 0.1) is 11.6 Å². The van der Waals surface area contributed by atoms with E-state index in [2.05, 4.69) is 23.2 Å². The zero-order valence-corrected chi connectivity index (χ0v) is 15.6. The van der Waals surface area contributed by atoms with Crippen LogP contribution in [-0.2, 0) is 11.3 Å². The van der Waals surface area contributed by atoms with E-state index in [0.29, 0.717) is 6.61 Å². The maximum absolute atomic E-state index is 12.7. The maximum Gasteiger partial charge on any atom is 0.410 e. The van der Waals surface area contributed by atoms with Crippen molar-refractivity contribution in [1.29, 1.82) is 0 Å². The van der Waals surface area contributed by atoms with E-state index in [1.165, 1.54) is 5.57 Å². The number of carbonyl (C=O) groups is 1. The third-order valence-electron chi connectivity index (χ3n) is 5.77. The molecule has 1 saturated heterocycles. The molecule has 3 aromatic rings. The largest absolute Gasteiger partial charge is 0.445 e. The summed E-state index contributed by atoms with van der Waals surface area (Å²) in [5, 5.41) is 1.15. The van der Waals surface area contributed by atoms with E-state index in [0.717, 1.165) is 41.3 Å². The van der Waals surface area contributed by atoms with Gasteiger partial charge in [0.1, 0.15) is 6.61 Å². The molecule has 2 aromatic carbocycles. The van der Waals surface area contributed by atoms with Crippen LogP contribution >= 0.6 is 0 Å². The van der Waals surface area contributed by atoms with Crippen LogP contribution in [0.25, 0.3) is 16.5 Å². The molecule has 1 aromatic heterocycles. The maximum atomic E-state index is 12.7. The molecular weight excluding hydrogens is 348 g/mol. The van der Waals surface area contributed by atoms with Gasteiger partial charge < -0.3 is 4.74 Å². The van der Waals surface area contributed by atoms with Gasteiger partial charge in [-0.25, -0.2) is 4.79 Å². The molecule has 0 saturated carbocycles. The Kier molecular flexibility index (Phi) is 4.32. The van der Waals surface area contributed by atoms with Crippen LogP contribution in [-0.4, -0.2) is 28.1 Å². The van der Waals surface area contributed by atoms with E-state index in [-0.39, 0.29) is 18.2 Å². The van der Waals surface area contributed by atoms with Crippen molar-refractivity contribution in [3.05, 3.63) is 84.1 Å². The number of carbonyl (C=O) groups excluding carboxylic acids is 1. The molecule has 5 rings (SSSR count). The average Bonchev–Trinajstić information content (AvgIpc) is 3.02. The third kappa shape index (κ3) is 3.15. The molecule has 0 spiro atoms. The quantitative estimate of drug-likeness (QED) is 0.637. The predicted molar refractivity (Wildman–Crippen MR) is 110 cm³/mol. The molecular formula is C24H22N2O2. The van der Waals surface area contributed by atoms with Crippen molar-refractivity contribution in [2.24, 2.45) is 0 Å². The van der Waals surface area contributed by atoms with Crippen molar-refractivity contribution >= 4 is 22.6 Å². The van der Waals surface area contributed by atoms with Gasteiger partial charge in [-0.05, 0) is 48.1 Å². The third-order valence-corrected chi connectivity index (χ3v) is 5.77. The first-order valence-electron chi connectivity index (χ1n) is 9.83. The van der Waals surface area contributed by atoms with Crippen molar-refractivity contribution in [2.45, 2.75) is 38.0 Å². The van der Waals surface area contributed by atoms with Crippen LogP contribution in [0, 0.1) is 0 Å². The first kappa shape index (κ1) is 17.0. The van der Waals surface area contributed by atoms with Crippen molar-refractivity contribution in [3.63, 3.8) is 0 Å². The lowest BCUT2D eigenvalue weighted by Crippen LogP contribution is -2.43. The molecule has 0 aliphatic carbocycles. The Morgan fingerprint density at radius 3 is 2.75 bits per heavy atom. The molecule has 4 nitrogen and oxygen atoms in total. The SMILES string of the molecule is O=C(OCc1ccccc1)N1C2C=C(c3cnc4ccccc4c3)CC1CC2. The summed E-state index contributed by atoms with van der Waals surface area (Å²) in [6.45, 7) is 0.320. The van der Waals surface area contributed by atoms with Crippen LogP contribution < -0.4 is 0 Å². The van der Waals surface area contributed by atoms with E-state index in [4.69, 9.17) is 4.74 Å². The summed E-state index contributed by atoms with van der Waals surface area (Å²) in [6, 6.07) is 20.5. The van der Waals surface area contributed by atoms with Crippen LogP contribution in [0.3, 0.4) is 0 Å². The van der Waals surface area contributed by atoms with Gasteiger partial charge in [-0.15, -0.1) is 0 Å². The van der Waals surface area contributed by atoms with Crippen molar-refractivity contribution in [3.8, 4) is 0 Å². The summed E-state index contributed by atoms with van der Waals surface area (Å²) < 4.78 is 5.59. The second kappa shape index (κ2) is 7.12. The van der Waals surface area contributed by atoms with Gasteiger partial charge in [0.2, 0.25) is 0 Å². The van der Waals surface area contributed by atoms with Gasteiger partial charge in [-0.3, -0.25) is 9.88 Å². The second-order valence-electron chi connectivity index (χ2n) is 7.56. The minimum Gasteiger partial charge on any atom is -0.445 e. The average molecular weight is 370 g/mol. The Morgan fingerprint density at radius 2 is 1.89 bits per heavy atom. The molecule has 1 amide bonds. The molecule has 1 fully saturated rings. The molecule has 2 aliphatic rings. The number of aromatic nitrogens is 1. The lowest BCUT2D eigenvalue weighted by molar-refractivity contribution is 0.0832. The number of hydrogen-bond donors (Lipinski definition) is 0. The minimum absolute atomic E-state index is 0.114. The zero-order chi connectivity index (χ0) is 18.9. The number of hydrogen-bond acceptors (Lipinski definition) is 3. The Morgan fingerprint density at radius 1 is 1.07 bits per heavy atom. The lowest BCUT2D eigenvalue weighted by atomic mass is 9.95. The van der Waals surface area contributed by atoms with E-state index in [1.54, 1.807) is 0 Å². The van der Waals surface area contributed by atoms with Gasteiger partial charge >= 0.3 is 6.09 Å². The number of ether oxygens (including phenoxy) is 1. The molecule has 0 radical (unpaired) electrons. The Balaban J connectivity index is 1.34. The molecule has 2 unspecified atom stereocenters. The van der Waals surface area contributed by atoms with Crippen LogP contribution in [0.5, 0.6) is 0 Å². The number of nitrogens with zero attached hydrogens (tertiary/aromatic N) is 2. The Bertz CT molecular complexity index is 1040. The molecule has 140 valence electrons. The molecule has 4 heteroatoms. The number of benzene rings is 2. The highest BCUT2D eigenvalue weighted by molar-refractivity contribution is 5.83. The highest BCUT2D eigenvalue weighted by atomic mass is 16.6. The molecule has 3 heterocycles. The van der Waals surface area contributed by atoms with Crippen molar-refractivity contribution in [1.82, 2.24) is 9.88 Å². The van der Waals surface area contributed by atoms with Gasteiger partial charge in [0, 0.05) is 17.6 Å². The first-order chi connectivity index (χ1) is 13.8. The number of pyridine rings is 1. The van der Waals surface area contributed by atoms with E-state index < -0.39 is 0 Å². The fraction of sp³-hybridized carbons (Fsp3) is 0.250. The topological polar surface area (TPSA) is 42.4 Å². The number of rotatable bonds is 3. The van der Waals surface area contributed by atoms with Gasteiger partial charge in [-0.1, -0.05) is 54.6 Å². The highest BCUT2D eigenvalue weighted by Crippen LogP contribution is 2.39. The normalized spacial score (nSPS) is 20.9. The number of para-hydroxylation sites is 1. The summed E-state index contributed by atoms with van der Waals surface area (Å²) in [4.78, 5) is 19.2. The fourth-order valence-electron chi connectivity index (χ4n) is 4.37. The van der Waals surface area contributed by atoms with E-state index >= 15 is 0 Å².